The average Bonchev–Trinajstić information content (AvgIpc) is 3.02. The van der Waals surface area contributed by atoms with Crippen molar-refractivity contribution < 1.29 is 13.2 Å². The van der Waals surface area contributed by atoms with Crippen LogP contribution in [0.3, 0.4) is 0 Å². The minimum Gasteiger partial charge on any atom is -0.372 e. The van der Waals surface area contributed by atoms with Gasteiger partial charge in [-0.2, -0.15) is 0 Å². The zero-order valence-corrected chi connectivity index (χ0v) is 18.8. The van der Waals surface area contributed by atoms with Crippen LogP contribution in [0.2, 0.25) is 0 Å². The van der Waals surface area contributed by atoms with E-state index in [4.69, 9.17) is 9.73 Å². The molecule has 2 aliphatic rings. The van der Waals surface area contributed by atoms with Gasteiger partial charge >= 0.3 is 0 Å². The van der Waals surface area contributed by atoms with Crippen LogP contribution in [0.4, 0.5) is 0 Å². The molecule has 0 aliphatic carbocycles. The van der Waals surface area contributed by atoms with Crippen molar-refractivity contribution in [2.45, 2.75) is 45.3 Å². The Morgan fingerprint density at radius 3 is 2.73 bits per heavy atom. The molecule has 1 N–H and O–H groups in total. The molecule has 0 spiro atoms. The fourth-order valence-electron chi connectivity index (χ4n) is 3.24. The maximum absolute atomic E-state index is 12.2. The van der Waals surface area contributed by atoms with Crippen molar-refractivity contribution in [1.29, 1.82) is 0 Å². The van der Waals surface area contributed by atoms with E-state index in [9.17, 15) is 8.42 Å². The Balaban J connectivity index is 0.00000243. The van der Waals surface area contributed by atoms with Gasteiger partial charge in [0.1, 0.15) is 0 Å². The van der Waals surface area contributed by atoms with Crippen molar-refractivity contribution in [2.24, 2.45) is 4.99 Å². The summed E-state index contributed by atoms with van der Waals surface area (Å²) in [5.41, 5.74) is 3.63. The van der Waals surface area contributed by atoms with Crippen molar-refractivity contribution in [3.8, 4) is 0 Å². The van der Waals surface area contributed by atoms with Crippen LogP contribution in [-0.4, -0.2) is 49.4 Å². The van der Waals surface area contributed by atoms with E-state index in [1.165, 1.54) is 11.1 Å². The van der Waals surface area contributed by atoms with E-state index in [1.807, 2.05) is 6.92 Å². The monoisotopic (exact) mass is 493 g/mol. The first-order valence-corrected chi connectivity index (χ1v) is 10.4. The topological polar surface area (TPSA) is 71.0 Å². The SMILES string of the molecule is CCNC(=NCc1ccc2c(c1)COC2)N1CCS(=O)(=O)C(C)(C)C1.I. The van der Waals surface area contributed by atoms with E-state index in [1.54, 1.807) is 13.8 Å². The smallest absolute Gasteiger partial charge is 0.194 e. The summed E-state index contributed by atoms with van der Waals surface area (Å²) >= 11 is 0. The van der Waals surface area contributed by atoms with Crippen LogP contribution in [-0.2, 0) is 34.3 Å². The highest BCUT2D eigenvalue weighted by atomic mass is 127. The number of guanidine groups is 1. The third kappa shape index (κ3) is 4.51. The van der Waals surface area contributed by atoms with Gasteiger partial charge in [-0.25, -0.2) is 13.4 Å². The van der Waals surface area contributed by atoms with E-state index < -0.39 is 14.6 Å². The van der Waals surface area contributed by atoms with Gasteiger partial charge in [-0.15, -0.1) is 24.0 Å². The molecule has 1 saturated heterocycles. The predicted molar refractivity (Wildman–Crippen MR) is 115 cm³/mol. The average molecular weight is 493 g/mol. The normalized spacial score (nSPS) is 21.0. The maximum Gasteiger partial charge on any atom is 0.194 e. The van der Waals surface area contributed by atoms with Crippen LogP contribution >= 0.6 is 24.0 Å². The summed E-state index contributed by atoms with van der Waals surface area (Å²) in [5.74, 6) is 0.947. The number of hydrogen-bond donors (Lipinski definition) is 1. The lowest BCUT2D eigenvalue weighted by atomic mass is 10.1. The van der Waals surface area contributed by atoms with Crippen LogP contribution < -0.4 is 5.32 Å². The van der Waals surface area contributed by atoms with Crippen molar-refractivity contribution in [3.63, 3.8) is 0 Å². The number of benzene rings is 1. The molecule has 2 aliphatic heterocycles. The lowest BCUT2D eigenvalue weighted by molar-refractivity contribution is 0.134. The summed E-state index contributed by atoms with van der Waals surface area (Å²) in [5, 5.41) is 3.30. The minimum atomic E-state index is -3.05. The van der Waals surface area contributed by atoms with E-state index in [2.05, 4.69) is 28.4 Å². The molecule has 1 aromatic rings. The Morgan fingerprint density at radius 1 is 1.31 bits per heavy atom. The molecule has 0 atom stereocenters. The van der Waals surface area contributed by atoms with Crippen LogP contribution in [0.25, 0.3) is 0 Å². The third-order valence-corrected chi connectivity index (χ3v) is 7.41. The number of hydrogen-bond acceptors (Lipinski definition) is 4. The third-order valence-electron chi connectivity index (χ3n) is 4.88. The van der Waals surface area contributed by atoms with E-state index in [-0.39, 0.29) is 29.7 Å². The molecule has 1 fully saturated rings. The Labute approximate surface area is 173 Å². The lowest BCUT2D eigenvalue weighted by Crippen LogP contribution is -2.57. The van der Waals surface area contributed by atoms with Gasteiger partial charge in [0.25, 0.3) is 0 Å². The zero-order chi connectivity index (χ0) is 18.1. The molecule has 0 amide bonds. The first-order chi connectivity index (χ1) is 11.8. The summed E-state index contributed by atoms with van der Waals surface area (Å²) in [6.45, 7) is 9.23. The highest BCUT2D eigenvalue weighted by molar-refractivity contribution is 14.0. The summed E-state index contributed by atoms with van der Waals surface area (Å²) in [7, 11) is -3.05. The molecular weight excluding hydrogens is 465 g/mol. The molecule has 6 nitrogen and oxygen atoms in total. The molecule has 0 aromatic heterocycles. The first-order valence-electron chi connectivity index (χ1n) is 8.76. The van der Waals surface area contributed by atoms with Gasteiger partial charge in [0.15, 0.2) is 15.8 Å². The molecule has 1 aromatic carbocycles. The van der Waals surface area contributed by atoms with E-state index in [0.29, 0.717) is 32.8 Å². The van der Waals surface area contributed by atoms with Crippen LogP contribution in [0.15, 0.2) is 23.2 Å². The first kappa shape index (κ1) is 21.4. The summed E-state index contributed by atoms with van der Waals surface area (Å²) in [4.78, 5) is 6.80. The second-order valence-corrected chi connectivity index (χ2v) is 10.0. The predicted octanol–water partition coefficient (Wildman–Crippen LogP) is 2.31. The number of nitrogens with zero attached hydrogens (tertiary/aromatic N) is 2. The Bertz CT molecular complexity index is 778. The molecule has 0 bridgehead atoms. The Morgan fingerprint density at radius 2 is 2.04 bits per heavy atom. The van der Waals surface area contributed by atoms with Gasteiger partial charge in [0.2, 0.25) is 0 Å². The summed E-state index contributed by atoms with van der Waals surface area (Å²) in [6.07, 6.45) is 0. The van der Waals surface area contributed by atoms with Gasteiger partial charge in [-0.05, 0) is 37.5 Å². The lowest BCUT2D eigenvalue weighted by Gasteiger charge is -2.39. The second-order valence-electron chi connectivity index (χ2n) is 7.27. The molecule has 26 heavy (non-hydrogen) atoms. The standard InChI is InChI=1S/C18H27N3O3S.HI/c1-4-19-17(21-7-8-25(22,23)18(2,3)13-21)20-10-14-5-6-15-11-24-12-16(15)9-14;/h5-6,9H,4,7-8,10-13H2,1-3H3,(H,19,20);1H. The molecular formula is C18H28IN3O3S. The van der Waals surface area contributed by atoms with Crippen molar-refractivity contribution in [3.05, 3.63) is 34.9 Å². The van der Waals surface area contributed by atoms with E-state index >= 15 is 0 Å². The highest BCUT2D eigenvalue weighted by Gasteiger charge is 2.40. The van der Waals surface area contributed by atoms with Gasteiger partial charge < -0.3 is 15.0 Å². The number of fused-ring (bicyclic) bond motifs is 1. The molecule has 0 saturated carbocycles. The van der Waals surface area contributed by atoms with Crippen molar-refractivity contribution in [1.82, 2.24) is 10.2 Å². The minimum absolute atomic E-state index is 0. The highest BCUT2D eigenvalue weighted by Crippen LogP contribution is 2.24. The van der Waals surface area contributed by atoms with Crippen molar-refractivity contribution >= 4 is 39.8 Å². The molecule has 3 rings (SSSR count). The number of sulfone groups is 1. The number of halogens is 1. The fraction of sp³-hybridized carbons (Fsp3) is 0.611. The largest absolute Gasteiger partial charge is 0.372 e. The van der Waals surface area contributed by atoms with Crippen molar-refractivity contribution in [2.75, 3.05) is 25.4 Å². The number of rotatable bonds is 3. The molecule has 8 heteroatoms. The Hall–Kier alpha value is -0.870. The Kier molecular flexibility index (Phi) is 6.95. The number of nitrogens with one attached hydrogen (secondary N) is 1. The van der Waals surface area contributed by atoms with Crippen LogP contribution in [0.5, 0.6) is 0 Å². The number of ether oxygens (including phenoxy) is 1. The van der Waals surface area contributed by atoms with Crippen LogP contribution in [0.1, 0.15) is 37.5 Å². The van der Waals surface area contributed by atoms with Gasteiger partial charge in [0, 0.05) is 19.6 Å². The zero-order valence-electron chi connectivity index (χ0n) is 15.6. The second kappa shape index (κ2) is 8.43. The molecule has 2 heterocycles. The molecule has 0 unspecified atom stereocenters. The quantitative estimate of drug-likeness (QED) is 0.398. The summed E-state index contributed by atoms with van der Waals surface area (Å²) in [6, 6.07) is 6.35. The molecule has 146 valence electrons. The van der Waals surface area contributed by atoms with Gasteiger partial charge in [0.05, 0.1) is 30.3 Å². The fourth-order valence-corrected chi connectivity index (χ4v) is 4.61. The molecule has 0 radical (unpaired) electrons. The van der Waals surface area contributed by atoms with Gasteiger partial charge in [-0.3, -0.25) is 0 Å². The maximum atomic E-state index is 12.2. The summed E-state index contributed by atoms with van der Waals surface area (Å²) < 4.78 is 29.1. The van der Waals surface area contributed by atoms with Gasteiger partial charge in [-0.1, -0.05) is 18.2 Å². The van der Waals surface area contributed by atoms with Crippen LogP contribution in [0, 0.1) is 0 Å². The number of aliphatic imine (C=N–C) groups is 1. The van der Waals surface area contributed by atoms with E-state index in [0.717, 1.165) is 18.1 Å².